The molecule has 1 aliphatic heterocycles. The van der Waals surface area contributed by atoms with Gasteiger partial charge in [0.25, 0.3) is 5.91 Å². The van der Waals surface area contributed by atoms with Crippen molar-refractivity contribution in [2.24, 2.45) is 5.92 Å². The van der Waals surface area contributed by atoms with Gasteiger partial charge in [-0.2, -0.15) is 0 Å². The molecule has 0 spiro atoms. The predicted molar refractivity (Wildman–Crippen MR) is 264 cm³/mol. The molecule has 0 unspecified atom stereocenters. The minimum absolute atomic E-state index is 0.0144. The number of aliphatic carboxylic acids is 4. The molecule has 0 radical (unpaired) electrons. The largest absolute Gasteiger partial charge is 0.481 e. The van der Waals surface area contributed by atoms with Crippen molar-refractivity contribution >= 4 is 65.2 Å². The second kappa shape index (κ2) is 37.0. The van der Waals surface area contributed by atoms with Gasteiger partial charge in [-0.25, -0.2) is 4.68 Å². The van der Waals surface area contributed by atoms with Crippen LogP contribution >= 0.6 is 0 Å². The molecular formula is C46H73FN10O23. The van der Waals surface area contributed by atoms with Crippen molar-refractivity contribution in [3.05, 3.63) is 11.9 Å². The monoisotopic (exact) mass is 1150 g/mol. The van der Waals surface area contributed by atoms with E-state index < -0.39 is 177 Å². The zero-order valence-corrected chi connectivity index (χ0v) is 44.2. The first-order valence-corrected chi connectivity index (χ1v) is 25.2. The molecule has 452 valence electrons. The average Bonchev–Trinajstić information content (AvgIpc) is 3.83. The van der Waals surface area contributed by atoms with Gasteiger partial charge in [0.15, 0.2) is 6.10 Å². The highest BCUT2D eigenvalue weighted by molar-refractivity contribution is 5.98. The van der Waals surface area contributed by atoms with Crippen molar-refractivity contribution in [3.63, 3.8) is 0 Å². The van der Waals surface area contributed by atoms with Crippen molar-refractivity contribution in [1.29, 1.82) is 0 Å². The van der Waals surface area contributed by atoms with E-state index in [1.807, 2.05) is 5.32 Å². The molecule has 1 aromatic rings. The first-order chi connectivity index (χ1) is 37.8. The molecule has 2 rings (SSSR count). The minimum atomic E-state index is -2.20. The fourth-order valence-electron chi connectivity index (χ4n) is 7.11. The van der Waals surface area contributed by atoms with Crippen molar-refractivity contribution in [3.8, 4) is 0 Å². The number of carboxylic acid groups (broad SMARTS) is 4. The summed E-state index contributed by atoms with van der Waals surface area (Å²) in [7, 11) is 0. The van der Waals surface area contributed by atoms with E-state index in [1.54, 1.807) is 0 Å². The first-order valence-electron chi connectivity index (χ1n) is 25.2. The number of alkyl halides is 1. The zero-order valence-electron chi connectivity index (χ0n) is 44.2. The lowest BCUT2D eigenvalue weighted by atomic mass is 9.94. The lowest BCUT2D eigenvalue weighted by Crippen LogP contribution is -2.65. The van der Waals surface area contributed by atoms with Crippen LogP contribution in [-0.4, -0.2) is 249 Å². The third kappa shape index (κ3) is 26.7. The third-order valence-electron chi connectivity index (χ3n) is 11.4. The normalized spacial score (nSPS) is 18.8. The van der Waals surface area contributed by atoms with Crippen molar-refractivity contribution in [2.75, 3.05) is 72.6 Å². The Balaban J connectivity index is 2.04. The number of halogens is 1. The Morgan fingerprint density at radius 2 is 1.16 bits per heavy atom. The number of hydrogen-bond donors (Lipinski definition) is 14. The van der Waals surface area contributed by atoms with Gasteiger partial charge in [0.05, 0.1) is 84.5 Å². The number of aliphatic hydroxyl groups excluding tert-OH is 3. The average molecular weight is 1150 g/mol. The Morgan fingerprint density at radius 1 is 0.625 bits per heavy atom. The van der Waals surface area contributed by atoms with Crippen LogP contribution in [0.15, 0.2) is 6.20 Å². The zero-order chi connectivity index (χ0) is 59.9. The number of nitrogens with zero attached hydrogens (tertiary/aromatic N) is 3. The smallest absolute Gasteiger partial charge is 0.305 e. The van der Waals surface area contributed by atoms with Crippen LogP contribution in [-0.2, 0) is 89.4 Å². The van der Waals surface area contributed by atoms with E-state index in [4.69, 9.17) is 28.8 Å². The van der Waals surface area contributed by atoms with Gasteiger partial charge in [-0.1, -0.05) is 19.1 Å². The summed E-state index contributed by atoms with van der Waals surface area (Å²) in [6, 6.07) is -8.76. The van der Waals surface area contributed by atoms with Gasteiger partial charge in [0, 0.05) is 25.7 Å². The van der Waals surface area contributed by atoms with Crippen LogP contribution in [0.3, 0.4) is 0 Å². The van der Waals surface area contributed by atoms with Crippen LogP contribution in [0.25, 0.3) is 0 Å². The molecule has 1 aromatic heterocycles. The molecule has 1 aliphatic rings. The lowest BCUT2D eigenvalue weighted by Gasteiger charge is -2.40. The molecule has 0 aliphatic carbocycles. The molecule has 0 aromatic carbocycles. The fourth-order valence-corrected chi connectivity index (χ4v) is 7.11. The van der Waals surface area contributed by atoms with Crippen LogP contribution in [0.2, 0.25) is 0 Å². The number of aryl methyl sites for hydroxylation is 1. The second-order valence-electron chi connectivity index (χ2n) is 18.2. The highest BCUT2D eigenvalue weighted by atomic mass is 18.2. The molecule has 33 nitrogen and oxygen atoms in total. The number of carboxylic acids is 4. The van der Waals surface area contributed by atoms with Gasteiger partial charge in [-0.15, -0.1) is 5.10 Å². The number of rotatable bonds is 41. The summed E-state index contributed by atoms with van der Waals surface area (Å²) in [4.78, 5) is 139. The number of amides is 7. The van der Waals surface area contributed by atoms with E-state index in [9.17, 15) is 87.8 Å². The number of hydrogen-bond acceptors (Lipinski definition) is 21. The molecular weight excluding hydrogens is 1080 g/mol. The summed E-state index contributed by atoms with van der Waals surface area (Å²) in [6.45, 7) is 3.92. The highest BCUT2D eigenvalue weighted by Gasteiger charge is 2.47. The summed E-state index contributed by atoms with van der Waals surface area (Å²) in [5.74, 6) is -14.4. The van der Waals surface area contributed by atoms with Crippen LogP contribution < -0.4 is 37.2 Å². The maximum atomic E-state index is 13.8. The Morgan fingerprint density at radius 3 is 1.73 bits per heavy atom. The maximum Gasteiger partial charge on any atom is 0.305 e. The molecule has 2 heterocycles. The van der Waals surface area contributed by atoms with Gasteiger partial charge < -0.3 is 96.6 Å². The van der Waals surface area contributed by atoms with Gasteiger partial charge in [0.2, 0.25) is 35.4 Å². The standard InChI is InChI=1S/C46H73FN10O23/c1-24(2)36(45(74)52-28(19-34(63)64)43(72)50-25(3)41(70)48-10-12-77-14-16-79-18-17-78-15-13-76-11-8-33(61)62)54-42(71)27(6-7-32(59)60)51-44(73)29(20-35(65)66)53-46(75)40-39(69)38(68)37(67)30(80-40)21-49-31(58)23-57-22-26(55-56-57)5-4-9-47/h22,24-25,27-30,36-40,67-69H,4-21,23H2,1-3H3,(H,48,70)(H,49,58)(H,50,72)(H,51,73)(H,52,74)(H,53,75)(H,54,71)(H,59,60)(H,61,62)(H,63,64)(H,65,66)/t25-,27-,28-,29-,30-,36-,37-,38+,39+,40-/m0/s1/i47-1. The number of carbonyl (C=O) groups excluding carboxylic acids is 7. The van der Waals surface area contributed by atoms with E-state index in [-0.39, 0.29) is 78.7 Å². The summed E-state index contributed by atoms with van der Waals surface area (Å²) >= 11 is 0. The van der Waals surface area contributed by atoms with E-state index >= 15 is 0 Å². The van der Waals surface area contributed by atoms with Gasteiger partial charge in [-0.3, -0.25) is 57.1 Å². The van der Waals surface area contributed by atoms with Crippen LogP contribution in [0.5, 0.6) is 0 Å². The number of nitrogens with one attached hydrogen (secondary N) is 7. The number of carbonyl (C=O) groups is 11. The SMILES string of the molecule is CC(C)[C@H](NC(=O)[C@H](CCC(=O)O)NC(=O)[C@H](CC(=O)O)NC(=O)[C@H]1O[C@@H](CNC(=O)Cn2cc(CCC[18F])nn2)[C@H](O)[C@@H](O)[C@H]1O)C(=O)N[C@@H](CC(=O)O)C(=O)N[C@@H](C)C(=O)NCCOCCOCCOCCOCCC(=O)O. The second-order valence-corrected chi connectivity index (χ2v) is 18.2. The van der Waals surface area contributed by atoms with Crippen LogP contribution in [0, 0.1) is 5.92 Å². The summed E-state index contributed by atoms with van der Waals surface area (Å²) < 4.78 is 40.3. The lowest BCUT2D eigenvalue weighted by molar-refractivity contribution is -0.219. The molecule has 0 bridgehead atoms. The van der Waals surface area contributed by atoms with Gasteiger partial charge >= 0.3 is 23.9 Å². The Labute approximate surface area is 456 Å². The molecule has 10 atom stereocenters. The van der Waals surface area contributed by atoms with Crippen LogP contribution in [0.1, 0.15) is 65.0 Å². The molecule has 0 saturated carbocycles. The molecule has 14 N–H and O–H groups in total. The Bertz CT molecular complexity index is 2210. The topological polar surface area (TPSA) is 490 Å². The van der Waals surface area contributed by atoms with E-state index in [1.165, 1.54) is 27.0 Å². The summed E-state index contributed by atoms with van der Waals surface area (Å²) in [5.41, 5.74) is 0.408. The number of aromatic nitrogens is 3. The number of aliphatic hydroxyl groups is 3. The summed E-state index contributed by atoms with van der Waals surface area (Å²) in [6.07, 6.45) is -11.9. The van der Waals surface area contributed by atoms with Gasteiger partial charge in [-0.05, 0) is 32.1 Å². The fraction of sp³-hybridized carbons (Fsp3) is 0.717. The highest BCUT2D eigenvalue weighted by Crippen LogP contribution is 2.22. The predicted octanol–water partition coefficient (Wildman–Crippen LogP) is -6.28. The molecule has 34 heteroatoms. The maximum absolute atomic E-state index is 13.8. The van der Waals surface area contributed by atoms with Crippen molar-refractivity contribution in [2.45, 2.75) is 133 Å². The quantitative estimate of drug-likeness (QED) is 0.0271. The van der Waals surface area contributed by atoms with Gasteiger partial charge in [0.1, 0.15) is 61.2 Å². The molecule has 1 saturated heterocycles. The van der Waals surface area contributed by atoms with E-state index in [2.05, 4.69) is 42.2 Å². The molecule has 7 amide bonds. The third-order valence-corrected chi connectivity index (χ3v) is 11.4. The Hall–Kier alpha value is -7.08. The Kier molecular flexibility index (Phi) is 31.9. The summed E-state index contributed by atoms with van der Waals surface area (Å²) in [5, 5.41) is 92.5. The molecule has 1 fully saturated rings. The van der Waals surface area contributed by atoms with Crippen molar-refractivity contribution in [1.82, 2.24) is 52.2 Å². The van der Waals surface area contributed by atoms with E-state index in [0.717, 1.165) is 4.68 Å². The number of ether oxygens (including phenoxy) is 5. The van der Waals surface area contributed by atoms with Crippen molar-refractivity contribution < 1.29 is 117 Å². The first kappa shape index (κ1) is 69.0. The molecule has 80 heavy (non-hydrogen) atoms. The van der Waals surface area contributed by atoms with E-state index in [0.29, 0.717) is 5.69 Å². The minimum Gasteiger partial charge on any atom is -0.481 e. The van der Waals surface area contributed by atoms with Crippen LogP contribution in [0.4, 0.5) is 4.39 Å².